The summed E-state index contributed by atoms with van der Waals surface area (Å²) in [6.07, 6.45) is 105. The average molecular weight is 1300 g/mol. The van der Waals surface area contributed by atoms with E-state index in [-0.39, 0.29) is 26.1 Å². The maximum absolute atomic E-state index is 12.9. The van der Waals surface area contributed by atoms with Gasteiger partial charge in [-0.3, -0.25) is 14.2 Å². The summed E-state index contributed by atoms with van der Waals surface area (Å²) in [5, 5.41) is 0. The first-order chi connectivity index (χ1) is 45.0. The number of hydrogen-bond donors (Lipinski definition) is 0. The van der Waals surface area contributed by atoms with Crippen LogP contribution in [0.5, 0.6) is 0 Å². The van der Waals surface area contributed by atoms with Gasteiger partial charge in [0.25, 0.3) is 7.82 Å². The van der Waals surface area contributed by atoms with E-state index >= 15 is 0 Å². The molecule has 0 heterocycles. The Morgan fingerprint density at radius 1 is 0.348 bits per heavy atom. The molecule has 10 heteroatoms. The average Bonchev–Trinajstić information content (AvgIpc) is 2.14. The van der Waals surface area contributed by atoms with Gasteiger partial charge in [-0.05, 0) is 103 Å². The minimum absolute atomic E-state index is 0.0454. The molecule has 0 bridgehead atoms. The summed E-state index contributed by atoms with van der Waals surface area (Å²) < 4.78 is 34.3. The number of phosphoric ester groups is 1. The number of allylic oxidation sites excluding steroid dienone is 24. The Balaban J connectivity index is 4.15. The van der Waals surface area contributed by atoms with Gasteiger partial charge in [0.15, 0.2) is 6.10 Å². The lowest BCUT2D eigenvalue weighted by molar-refractivity contribution is -0.870. The molecule has 526 valence electrons. The lowest BCUT2D eigenvalue weighted by atomic mass is 10.0. The fraction of sp³-hybridized carbons (Fsp3) is 0.683. The van der Waals surface area contributed by atoms with Gasteiger partial charge in [0.2, 0.25) is 0 Å². The standard InChI is InChI=1S/C82H140NO8P/c1-6-8-10-12-14-16-18-20-22-24-26-28-30-32-34-36-37-38-39-40-41-42-43-44-45-47-49-51-53-55-57-59-61-63-65-67-69-71-73-75-82(85)91-80(79-90-92(86,87)89-77-76-83(3,4)5)78-88-81(84)74-72-70-68-66-64-62-60-58-56-54-52-50-48-46-35-33-31-29-27-25-23-21-19-17-15-13-11-9-7-2/h8,10,14,16,20,22,26,28,32,34,37-38,40-41,43-44,47,49,53,55,59,61,65,67,80H,6-7,9,11-13,15,17-19,21,23-25,27,29-31,33,35-36,39,42,45-46,48,50-52,54,56-58,60,62-64,66,68-79H2,1-5H3/b10-8-,16-14-,22-20-,28-26-,34-32-,38-37-,41-40-,44-43-,49-47-,55-53-,61-59-,67-65-. The first-order valence-electron chi connectivity index (χ1n) is 37.5. The van der Waals surface area contributed by atoms with Gasteiger partial charge in [-0.2, -0.15) is 0 Å². The lowest BCUT2D eigenvalue weighted by Crippen LogP contribution is -2.37. The van der Waals surface area contributed by atoms with Gasteiger partial charge in [-0.1, -0.05) is 339 Å². The Morgan fingerprint density at radius 2 is 0.620 bits per heavy atom. The van der Waals surface area contributed by atoms with Crippen molar-refractivity contribution in [3.8, 4) is 0 Å². The van der Waals surface area contributed by atoms with Crippen LogP contribution in [-0.2, 0) is 32.7 Å². The monoisotopic (exact) mass is 1300 g/mol. The molecule has 0 aromatic carbocycles. The number of rotatable bonds is 68. The number of carbonyl (C=O) groups is 2. The minimum atomic E-state index is -4.66. The molecule has 0 aliphatic rings. The summed E-state index contributed by atoms with van der Waals surface area (Å²) in [4.78, 5) is 38.1. The van der Waals surface area contributed by atoms with Crippen LogP contribution >= 0.6 is 7.82 Å². The molecule has 0 aromatic rings. The number of quaternary nitrogens is 1. The fourth-order valence-electron chi connectivity index (χ4n) is 10.2. The van der Waals surface area contributed by atoms with E-state index in [9.17, 15) is 19.0 Å². The lowest BCUT2D eigenvalue weighted by Gasteiger charge is -2.28. The minimum Gasteiger partial charge on any atom is -0.756 e. The van der Waals surface area contributed by atoms with Crippen molar-refractivity contribution in [1.82, 2.24) is 0 Å². The van der Waals surface area contributed by atoms with E-state index in [1.807, 2.05) is 21.1 Å². The van der Waals surface area contributed by atoms with Crippen molar-refractivity contribution in [2.75, 3.05) is 47.5 Å². The van der Waals surface area contributed by atoms with Crippen molar-refractivity contribution >= 4 is 19.8 Å². The van der Waals surface area contributed by atoms with Crippen molar-refractivity contribution in [2.24, 2.45) is 0 Å². The summed E-state index contributed by atoms with van der Waals surface area (Å²) >= 11 is 0. The molecule has 9 nitrogen and oxygen atoms in total. The zero-order chi connectivity index (χ0) is 66.9. The molecular formula is C82H140NO8P. The number of carbonyl (C=O) groups excluding carboxylic acids is 2. The number of unbranched alkanes of at least 4 members (excludes halogenated alkanes) is 30. The number of ether oxygens (including phenoxy) is 2. The van der Waals surface area contributed by atoms with Crippen LogP contribution in [0.15, 0.2) is 146 Å². The fourth-order valence-corrected chi connectivity index (χ4v) is 10.9. The molecule has 0 aliphatic heterocycles. The molecule has 92 heavy (non-hydrogen) atoms. The number of likely N-dealkylation sites (N-methyl/N-ethyl adjacent to an activating group) is 1. The largest absolute Gasteiger partial charge is 0.756 e. The Morgan fingerprint density at radius 3 is 0.924 bits per heavy atom. The second-order valence-electron chi connectivity index (χ2n) is 25.9. The van der Waals surface area contributed by atoms with E-state index in [1.54, 1.807) is 0 Å². The second kappa shape index (κ2) is 71.2. The third kappa shape index (κ3) is 74.9. The van der Waals surface area contributed by atoms with E-state index in [0.29, 0.717) is 17.4 Å². The van der Waals surface area contributed by atoms with E-state index < -0.39 is 32.5 Å². The molecule has 0 N–H and O–H groups in total. The van der Waals surface area contributed by atoms with Crippen LogP contribution in [-0.4, -0.2) is 70.0 Å². The Hall–Kier alpha value is -4.11. The third-order valence-electron chi connectivity index (χ3n) is 15.9. The van der Waals surface area contributed by atoms with Gasteiger partial charge < -0.3 is 27.9 Å². The summed E-state index contributed by atoms with van der Waals surface area (Å²) in [5.74, 6) is -0.883. The molecule has 0 saturated heterocycles. The Bertz CT molecular complexity index is 2070. The normalized spacial score (nSPS) is 13.9. The zero-order valence-electron chi connectivity index (χ0n) is 59.9. The van der Waals surface area contributed by atoms with Crippen molar-refractivity contribution in [1.29, 1.82) is 0 Å². The van der Waals surface area contributed by atoms with E-state index in [0.717, 1.165) is 109 Å². The molecular weight excluding hydrogens is 1160 g/mol. The van der Waals surface area contributed by atoms with E-state index in [2.05, 4.69) is 160 Å². The van der Waals surface area contributed by atoms with Crippen LogP contribution in [0.3, 0.4) is 0 Å². The Labute approximate surface area is 567 Å². The van der Waals surface area contributed by atoms with Crippen LogP contribution in [0.2, 0.25) is 0 Å². The molecule has 0 amide bonds. The summed E-state index contributed by atoms with van der Waals surface area (Å²) in [7, 11) is 1.13. The zero-order valence-corrected chi connectivity index (χ0v) is 60.8. The smallest absolute Gasteiger partial charge is 0.306 e. The van der Waals surface area contributed by atoms with Crippen LogP contribution in [0.1, 0.15) is 309 Å². The number of hydrogen-bond acceptors (Lipinski definition) is 8. The van der Waals surface area contributed by atoms with Crippen LogP contribution in [0, 0.1) is 0 Å². The van der Waals surface area contributed by atoms with Crippen LogP contribution in [0.25, 0.3) is 0 Å². The maximum Gasteiger partial charge on any atom is 0.306 e. The molecule has 0 spiro atoms. The highest BCUT2D eigenvalue weighted by Gasteiger charge is 2.22. The number of esters is 2. The second-order valence-corrected chi connectivity index (χ2v) is 27.3. The first-order valence-corrected chi connectivity index (χ1v) is 39.0. The van der Waals surface area contributed by atoms with Gasteiger partial charge in [-0.15, -0.1) is 0 Å². The predicted octanol–water partition coefficient (Wildman–Crippen LogP) is 24.3. The molecule has 0 radical (unpaired) electrons. The number of nitrogens with zero attached hydrogens (tertiary/aromatic N) is 1. The molecule has 0 aromatic heterocycles. The van der Waals surface area contributed by atoms with Crippen molar-refractivity contribution in [2.45, 2.75) is 315 Å². The van der Waals surface area contributed by atoms with Crippen LogP contribution in [0.4, 0.5) is 0 Å². The summed E-state index contributed by atoms with van der Waals surface area (Å²) in [5.41, 5.74) is 0. The van der Waals surface area contributed by atoms with Gasteiger partial charge in [-0.25, -0.2) is 0 Å². The highest BCUT2D eigenvalue weighted by Crippen LogP contribution is 2.38. The van der Waals surface area contributed by atoms with Crippen molar-refractivity contribution in [3.63, 3.8) is 0 Å². The first kappa shape index (κ1) is 87.9. The van der Waals surface area contributed by atoms with E-state index in [1.165, 1.54) is 167 Å². The molecule has 2 unspecified atom stereocenters. The van der Waals surface area contributed by atoms with Gasteiger partial charge in [0.1, 0.15) is 19.8 Å². The SMILES string of the molecule is CC/C=C\C/C=C\C/C=C\C/C=C\C/C=C\C/C=C\C/C=C\C/C=C\C/C=C\C/C=C\C/C=C\C/C=C\CCCCC(=O)OC(COC(=O)CCCCCCCCCCCCCCCCCCCCCCCCCCCCCCC)COP(=O)([O-])OCC[N+](C)(C)C. The van der Waals surface area contributed by atoms with Crippen molar-refractivity contribution < 1.29 is 42.1 Å². The van der Waals surface area contributed by atoms with E-state index in [4.69, 9.17) is 18.5 Å². The predicted molar refractivity (Wildman–Crippen MR) is 397 cm³/mol. The van der Waals surface area contributed by atoms with Gasteiger partial charge in [0, 0.05) is 12.8 Å². The summed E-state index contributed by atoms with van der Waals surface area (Å²) in [6, 6.07) is 0. The Kier molecular flexibility index (Phi) is 68.0. The molecule has 0 aliphatic carbocycles. The van der Waals surface area contributed by atoms with Gasteiger partial charge >= 0.3 is 11.9 Å². The summed E-state index contributed by atoms with van der Waals surface area (Å²) in [6.45, 7) is 4.10. The quantitative estimate of drug-likeness (QED) is 0.0195. The van der Waals surface area contributed by atoms with Gasteiger partial charge in [0.05, 0.1) is 27.7 Å². The topological polar surface area (TPSA) is 111 Å². The third-order valence-corrected chi connectivity index (χ3v) is 16.8. The van der Waals surface area contributed by atoms with Crippen LogP contribution < -0.4 is 4.89 Å². The molecule has 0 fully saturated rings. The number of phosphoric acid groups is 1. The highest BCUT2D eigenvalue weighted by molar-refractivity contribution is 7.45. The molecule has 2 atom stereocenters. The van der Waals surface area contributed by atoms with Crippen molar-refractivity contribution in [3.05, 3.63) is 146 Å². The molecule has 0 rings (SSSR count). The highest BCUT2D eigenvalue weighted by atomic mass is 31.2. The molecule has 0 saturated carbocycles. The maximum atomic E-state index is 12.9.